The molecule has 1 aliphatic carbocycles. The highest BCUT2D eigenvalue weighted by molar-refractivity contribution is 7.10. The van der Waals surface area contributed by atoms with Crippen LogP contribution < -0.4 is 5.32 Å². The van der Waals surface area contributed by atoms with E-state index in [1.807, 2.05) is 12.1 Å². The van der Waals surface area contributed by atoms with Crippen LogP contribution in [0.5, 0.6) is 0 Å². The Morgan fingerprint density at radius 2 is 2.20 bits per heavy atom. The molecule has 3 nitrogen and oxygen atoms in total. The summed E-state index contributed by atoms with van der Waals surface area (Å²) in [6.07, 6.45) is 11.0. The van der Waals surface area contributed by atoms with E-state index in [-0.39, 0.29) is 11.4 Å². The van der Waals surface area contributed by atoms with Crippen molar-refractivity contribution in [3.63, 3.8) is 0 Å². The summed E-state index contributed by atoms with van der Waals surface area (Å²) < 4.78 is 4.98. The number of furan rings is 1. The molecule has 1 fully saturated rings. The highest BCUT2D eigenvalue weighted by Crippen LogP contribution is 2.40. The van der Waals surface area contributed by atoms with Gasteiger partial charge in [-0.15, -0.1) is 11.3 Å². The minimum atomic E-state index is -0.161. The highest BCUT2D eigenvalue weighted by Gasteiger charge is 2.37. The summed E-state index contributed by atoms with van der Waals surface area (Å²) in [5.41, 5.74) is 0.739. The van der Waals surface area contributed by atoms with Crippen LogP contribution >= 0.6 is 11.3 Å². The fourth-order valence-electron chi connectivity index (χ4n) is 2.78. The quantitative estimate of drug-likeness (QED) is 0.865. The molecule has 0 bridgehead atoms. The van der Waals surface area contributed by atoms with Crippen molar-refractivity contribution in [1.29, 1.82) is 0 Å². The van der Waals surface area contributed by atoms with Gasteiger partial charge in [0.15, 0.2) is 0 Å². The SMILES string of the molecule is O=C(C=Cc1ccoc1)NC1(c2cccs2)CCCC1. The number of hydrogen-bond donors (Lipinski definition) is 1. The number of carbonyl (C=O) groups is 1. The average molecular weight is 287 g/mol. The summed E-state index contributed by atoms with van der Waals surface area (Å²) in [5.74, 6) is -0.0403. The normalized spacial score (nSPS) is 17.6. The Balaban J connectivity index is 1.73. The van der Waals surface area contributed by atoms with Crippen LogP contribution in [0.3, 0.4) is 0 Å². The van der Waals surface area contributed by atoms with Crippen molar-refractivity contribution in [2.75, 3.05) is 0 Å². The number of hydrogen-bond acceptors (Lipinski definition) is 3. The lowest BCUT2D eigenvalue weighted by atomic mass is 9.95. The fraction of sp³-hybridized carbons (Fsp3) is 0.312. The Morgan fingerprint density at radius 3 is 2.85 bits per heavy atom. The third-order valence-corrected chi connectivity index (χ3v) is 4.86. The van der Waals surface area contributed by atoms with Crippen LogP contribution in [0.15, 0.2) is 46.6 Å². The summed E-state index contributed by atoms with van der Waals surface area (Å²) in [6, 6.07) is 6.00. The Hall–Kier alpha value is -1.81. The number of rotatable bonds is 4. The van der Waals surface area contributed by atoms with Crippen molar-refractivity contribution in [3.8, 4) is 0 Å². The van der Waals surface area contributed by atoms with Gasteiger partial charge in [-0.25, -0.2) is 0 Å². The largest absolute Gasteiger partial charge is 0.472 e. The molecule has 3 rings (SSSR count). The van der Waals surface area contributed by atoms with Crippen LogP contribution in [0.1, 0.15) is 36.1 Å². The van der Waals surface area contributed by atoms with Gasteiger partial charge in [0.2, 0.25) is 5.91 Å². The van der Waals surface area contributed by atoms with Gasteiger partial charge in [-0.1, -0.05) is 18.9 Å². The van der Waals surface area contributed by atoms with Crippen LogP contribution in [-0.2, 0) is 10.3 Å². The van der Waals surface area contributed by atoms with Gasteiger partial charge in [-0.05, 0) is 36.4 Å². The molecular weight excluding hydrogens is 270 g/mol. The van der Waals surface area contributed by atoms with Gasteiger partial charge in [-0.3, -0.25) is 4.79 Å². The van der Waals surface area contributed by atoms with E-state index in [2.05, 4.69) is 16.8 Å². The number of carbonyl (C=O) groups excluding carboxylic acids is 1. The molecule has 0 unspecified atom stereocenters. The molecule has 2 aromatic heterocycles. The summed E-state index contributed by atoms with van der Waals surface area (Å²) in [5, 5.41) is 5.28. The molecule has 0 aromatic carbocycles. The number of nitrogens with one attached hydrogen (secondary N) is 1. The van der Waals surface area contributed by atoms with Gasteiger partial charge in [0.25, 0.3) is 0 Å². The van der Waals surface area contributed by atoms with Crippen LogP contribution in [0.4, 0.5) is 0 Å². The fourth-order valence-corrected chi connectivity index (χ4v) is 3.72. The Bertz CT molecular complexity index is 578. The number of thiophene rings is 1. The van der Waals surface area contributed by atoms with Gasteiger partial charge >= 0.3 is 0 Å². The first-order valence-corrected chi connectivity index (χ1v) is 7.73. The Labute approximate surface area is 122 Å². The smallest absolute Gasteiger partial charge is 0.244 e. The van der Waals surface area contributed by atoms with Crippen molar-refractivity contribution >= 4 is 23.3 Å². The van der Waals surface area contributed by atoms with Crippen LogP contribution in [0.25, 0.3) is 6.08 Å². The third-order valence-electron chi connectivity index (χ3n) is 3.78. The average Bonchev–Trinajstić information content (AvgIpc) is 3.18. The van der Waals surface area contributed by atoms with Gasteiger partial charge in [0.05, 0.1) is 18.1 Å². The molecule has 20 heavy (non-hydrogen) atoms. The second-order valence-corrected chi connectivity index (χ2v) is 6.09. The van der Waals surface area contributed by atoms with E-state index >= 15 is 0 Å². The van der Waals surface area contributed by atoms with E-state index in [0.29, 0.717) is 0 Å². The third kappa shape index (κ3) is 2.70. The molecule has 2 heterocycles. The van der Waals surface area contributed by atoms with Crippen molar-refractivity contribution < 1.29 is 9.21 Å². The topological polar surface area (TPSA) is 42.2 Å². The lowest BCUT2D eigenvalue weighted by molar-refractivity contribution is -0.118. The van der Waals surface area contributed by atoms with Crippen molar-refractivity contribution in [3.05, 3.63) is 52.6 Å². The Morgan fingerprint density at radius 1 is 1.35 bits per heavy atom. The first-order chi connectivity index (χ1) is 9.78. The standard InChI is InChI=1S/C16H17NO2S/c18-15(6-5-13-7-10-19-12-13)17-16(8-1-2-9-16)14-4-3-11-20-14/h3-7,10-12H,1-2,8-9H2,(H,17,18). The first kappa shape index (κ1) is 13.2. The van der Waals surface area contributed by atoms with Gasteiger partial charge in [0.1, 0.15) is 0 Å². The van der Waals surface area contributed by atoms with Crippen molar-refractivity contribution in [2.24, 2.45) is 0 Å². The van der Waals surface area contributed by atoms with Crippen LogP contribution in [-0.4, -0.2) is 5.91 Å². The van der Waals surface area contributed by atoms with E-state index in [0.717, 1.165) is 18.4 Å². The van der Waals surface area contributed by atoms with E-state index in [1.165, 1.54) is 17.7 Å². The van der Waals surface area contributed by atoms with Crippen molar-refractivity contribution in [2.45, 2.75) is 31.2 Å². The van der Waals surface area contributed by atoms with Crippen molar-refractivity contribution in [1.82, 2.24) is 5.32 Å². The monoisotopic (exact) mass is 287 g/mol. The first-order valence-electron chi connectivity index (χ1n) is 6.85. The minimum Gasteiger partial charge on any atom is -0.472 e. The van der Waals surface area contributed by atoms with Crippen LogP contribution in [0, 0.1) is 0 Å². The van der Waals surface area contributed by atoms with E-state index < -0.39 is 0 Å². The predicted molar refractivity (Wildman–Crippen MR) is 80.3 cm³/mol. The molecule has 0 radical (unpaired) electrons. The molecular formula is C16H17NO2S. The zero-order valence-corrected chi connectivity index (χ0v) is 12.0. The van der Waals surface area contributed by atoms with Gasteiger partial charge in [0, 0.05) is 16.5 Å². The summed E-state index contributed by atoms with van der Waals surface area (Å²) >= 11 is 1.72. The second-order valence-electron chi connectivity index (χ2n) is 5.15. The van der Waals surface area contributed by atoms with E-state index in [4.69, 9.17) is 4.42 Å². The maximum Gasteiger partial charge on any atom is 0.244 e. The van der Waals surface area contributed by atoms with Crippen LogP contribution in [0.2, 0.25) is 0 Å². The molecule has 104 valence electrons. The van der Waals surface area contributed by atoms with Gasteiger partial charge < -0.3 is 9.73 Å². The molecule has 0 spiro atoms. The molecule has 0 aliphatic heterocycles. The summed E-state index contributed by atoms with van der Waals surface area (Å²) in [4.78, 5) is 13.4. The zero-order valence-electron chi connectivity index (χ0n) is 11.2. The van der Waals surface area contributed by atoms with E-state index in [1.54, 1.807) is 36.0 Å². The Kier molecular flexibility index (Phi) is 3.74. The summed E-state index contributed by atoms with van der Waals surface area (Å²) in [7, 11) is 0. The summed E-state index contributed by atoms with van der Waals surface area (Å²) in [6.45, 7) is 0. The maximum atomic E-state index is 12.2. The molecule has 0 atom stereocenters. The lowest BCUT2D eigenvalue weighted by Crippen LogP contribution is -2.42. The zero-order chi connectivity index (χ0) is 13.8. The lowest BCUT2D eigenvalue weighted by Gasteiger charge is -2.28. The predicted octanol–water partition coefficient (Wildman–Crippen LogP) is 3.94. The second kappa shape index (κ2) is 5.67. The minimum absolute atomic E-state index is 0.0403. The molecule has 1 aliphatic rings. The molecule has 1 amide bonds. The molecule has 1 saturated carbocycles. The molecule has 2 aromatic rings. The highest BCUT2D eigenvalue weighted by atomic mass is 32.1. The van der Waals surface area contributed by atoms with E-state index in [9.17, 15) is 4.79 Å². The molecule has 4 heteroatoms. The molecule has 1 N–H and O–H groups in total. The molecule has 0 saturated heterocycles. The maximum absolute atomic E-state index is 12.2. The van der Waals surface area contributed by atoms with Gasteiger partial charge in [-0.2, -0.15) is 0 Å². The number of amides is 1.